The molecule has 2 rings (SSSR count). The fourth-order valence-corrected chi connectivity index (χ4v) is 2.13. The molecule has 17 heavy (non-hydrogen) atoms. The molecule has 1 saturated carbocycles. The quantitative estimate of drug-likeness (QED) is 0.648. The standard InChI is InChI=1S/C12H16ClN3O/c1-7(9-3-4-9)5-14-12-10(6-17)11(13)15-8(2)16-12/h6-7,9H,3-5H2,1-2H3,(H,14,15,16). The molecule has 1 heterocycles. The van der Waals surface area contributed by atoms with Crippen LogP contribution < -0.4 is 5.32 Å². The van der Waals surface area contributed by atoms with Crippen LogP contribution in [0.3, 0.4) is 0 Å². The molecule has 0 saturated heterocycles. The molecule has 1 aromatic heterocycles. The Labute approximate surface area is 106 Å². The topological polar surface area (TPSA) is 54.9 Å². The number of anilines is 1. The highest BCUT2D eigenvalue weighted by atomic mass is 35.5. The smallest absolute Gasteiger partial charge is 0.156 e. The van der Waals surface area contributed by atoms with Crippen LogP contribution in [-0.4, -0.2) is 22.8 Å². The first-order valence-corrected chi connectivity index (χ1v) is 6.22. The molecule has 1 aliphatic rings. The van der Waals surface area contributed by atoms with Gasteiger partial charge in [-0.2, -0.15) is 0 Å². The van der Waals surface area contributed by atoms with E-state index in [2.05, 4.69) is 22.2 Å². The van der Waals surface area contributed by atoms with Crippen molar-refractivity contribution in [3.8, 4) is 0 Å². The van der Waals surface area contributed by atoms with Gasteiger partial charge in [0.25, 0.3) is 0 Å². The number of aldehydes is 1. The number of hydrogen-bond acceptors (Lipinski definition) is 4. The predicted molar refractivity (Wildman–Crippen MR) is 67.5 cm³/mol. The third-order valence-corrected chi connectivity index (χ3v) is 3.44. The highest BCUT2D eigenvalue weighted by molar-refractivity contribution is 6.32. The number of halogens is 1. The van der Waals surface area contributed by atoms with Gasteiger partial charge < -0.3 is 5.32 Å². The zero-order valence-electron chi connectivity index (χ0n) is 10.0. The summed E-state index contributed by atoms with van der Waals surface area (Å²) in [6.45, 7) is 4.79. The van der Waals surface area contributed by atoms with Crippen LogP contribution in [0, 0.1) is 18.8 Å². The van der Waals surface area contributed by atoms with Crippen molar-refractivity contribution in [3.63, 3.8) is 0 Å². The fraction of sp³-hybridized carbons (Fsp3) is 0.583. The maximum absolute atomic E-state index is 10.9. The Morgan fingerprint density at radius 1 is 1.53 bits per heavy atom. The van der Waals surface area contributed by atoms with Crippen LogP contribution in [0.1, 0.15) is 35.9 Å². The lowest BCUT2D eigenvalue weighted by Crippen LogP contribution is -2.15. The molecular formula is C12H16ClN3O. The van der Waals surface area contributed by atoms with E-state index in [-0.39, 0.29) is 5.15 Å². The Bertz CT molecular complexity index is 432. The Morgan fingerprint density at radius 3 is 2.82 bits per heavy atom. The lowest BCUT2D eigenvalue weighted by atomic mass is 10.1. The number of aromatic nitrogens is 2. The fourth-order valence-electron chi connectivity index (χ4n) is 1.88. The Morgan fingerprint density at radius 2 is 2.24 bits per heavy atom. The van der Waals surface area contributed by atoms with Crippen LogP contribution in [0.5, 0.6) is 0 Å². The first-order valence-electron chi connectivity index (χ1n) is 5.85. The van der Waals surface area contributed by atoms with Crippen molar-refractivity contribution in [2.24, 2.45) is 11.8 Å². The van der Waals surface area contributed by atoms with Crippen molar-refractivity contribution in [2.75, 3.05) is 11.9 Å². The van der Waals surface area contributed by atoms with E-state index in [1.54, 1.807) is 6.92 Å². The second-order valence-electron chi connectivity index (χ2n) is 4.64. The molecule has 0 radical (unpaired) electrons. The van der Waals surface area contributed by atoms with E-state index in [0.29, 0.717) is 29.4 Å². The van der Waals surface area contributed by atoms with Crippen molar-refractivity contribution in [1.82, 2.24) is 9.97 Å². The number of nitrogens with one attached hydrogen (secondary N) is 1. The van der Waals surface area contributed by atoms with E-state index in [1.807, 2.05) is 0 Å². The Hall–Kier alpha value is -1.16. The molecule has 92 valence electrons. The predicted octanol–water partition coefficient (Wildman–Crippen LogP) is 2.71. The Kier molecular flexibility index (Phi) is 3.62. The van der Waals surface area contributed by atoms with Crippen molar-refractivity contribution in [3.05, 3.63) is 16.5 Å². The summed E-state index contributed by atoms with van der Waals surface area (Å²) in [4.78, 5) is 19.1. The highest BCUT2D eigenvalue weighted by Crippen LogP contribution is 2.36. The molecular weight excluding hydrogens is 238 g/mol. The van der Waals surface area contributed by atoms with E-state index < -0.39 is 0 Å². The van der Waals surface area contributed by atoms with E-state index in [1.165, 1.54) is 12.8 Å². The average molecular weight is 254 g/mol. The third-order valence-electron chi connectivity index (χ3n) is 3.15. The van der Waals surface area contributed by atoms with E-state index in [0.717, 1.165) is 12.5 Å². The maximum atomic E-state index is 10.9. The molecule has 0 bridgehead atoms. The minimum absolute atomic E-state index is 0.217. The molecule has 1 aliphatic carbocycles. The normalized spacial score (nSPS) is 16.6. The van der Waals surface area contributed by atoms with Crippen molar-refractivity contribution < 1.29 is 4.79 Å². The number of carbonyl (C=O) groups excluding carboxylic acids is 1. The zero-order valence-corrected chi connectivity index (χ0v) is 10.8. The molecule has 0 aliphatic heterocycles. The molecule has 0 amide bonds. The highest BCUT2D eigenvalue weighted by Gasteiger charge is 2.27. The zero-order chi connectivity index (χ0) is 12.4. The maximum Gasteiger partial charge on any atom is 0.156 e. The minimum Gasteiger partial charge on any atom is -0.369 e. The lowest BCUT2D eigenvalue weighted by Gasteiger charge is -2.13. The number of aryl methyl sites for hydroxylation is 1. The first kappa shape index (κ1) is 12.3. The lowest BCUT2D eigenvalue weighted by molar-refractivity contribution is 0.112. The van der Waals surface area contributed by atoms with Gasteiger partial charge in [0, 0.05) is 6.54 Å². The average Bonchev–Trinajstić information content (AvgIpc) is 3.08. The summed E-state index contributed by atoms with van der Waals surface area (Å²) in [6.07, 6.45) is 3.33. The van der Waals surface area contributed by atoms with Crippen molar-refractivity contribution in [1.29, 1.82) is 0 Å². The molecule has 4 nitrogen and oxygen atoms in total. The summed E-state index contributed by atoms with van der Waals surface area (Å²) in [7, 11) is 0. The van der Waals surface area contributed by atoms with Gasteiger partial charge in [0.05, 0.1) is 5.56 Å². The van der Waals surface area contributed by atoms with Gasteiger partial charge in [0.15, 0.2) is 6.29 Å². The summed E-state index contributed by atoms with van der Waals surface area (Å²) in [5.74, 6) is 2.54. The monoisotopic (exact) mass is 253 g/mol. The third kappa shape index (κ3) is 2.94. The molecule has 1 fully saturated rings. The largest absolute Gasteiger partial charge is 0.369 e. The Balaban J connectivity index is 2.10. The minimum atomic E-state index is 0.217. The van der Waals surface area contributed by atoms with Gasteiger partial charge in [-0.25, -0.2) is 9.97 Å². The van der Waals surface area contributed by atoms with Gasteiger partial charge in [0.2, 0.25) is 0 Å². The summed E-state index contributed by atoms with van der Waals surface area (Å²) in [5, 5.41) is 3.42. The second-order valence-corrected chi connectivity index (χ2v) is 5.00. The summed E-state index contributed by atoms with van der Waals surface area (Å²) < 4.78 is 0. The molecule has 1 N–H and O–H groups in total. The summed E-state index contributed by atoms with van der Waals surface area (Å²) in [6, 6.07) is 0. The number of hydrogen-bond donors (Lipinski definition) is 1. The molecule has 1 aromatic rings. The van der Waals surface area contributed by atoms with Gasteiger partial charge in [-0.1, -0.05) is 18.5 Å². The van der Waals surface area contributed by atoms with Crippen LogP contribution >= 0.6 is 11.6 Å². The molecule has 5 heteroatoms. The van der Waals surface area contributed by atoms with Crippen LogP contribution in [0.2, 0.25) is 5.15 Å². The molecule has 1 atom stereocenters. The van der Waals surface area contributed by atoms with Crippen LogP contribution in [-0.2, 0) is 0 Å². The number of rotatable bonds is 5. The van der Waals surface area contributed by atoms with Gasteiger partial charge in [-0.3, -0.25) is 4.79 Å². The number of nitrogens with zero attached hydrogens (tertiary/aromatic N) is 2. The summed E-state index contributed by atoms with van der Waals surface area (Å²) in [5.41, 5.74) is 0.347. The molecule has 0 aromatic carbocycles. The van der Waals surface area contributed by atoms with Gasteiger partial charge >= 0.3 is 0 Å². The van der Waals surface area contributed by atoms with Crippen LogP contribution in [0.4, 0.5) is 5.82 Å². The first-order chi connectivity index (χ1) is 8.11. The van der Waals surface area contributed by atoms with Crippen LogP contribution in [0.25, 0.3) is 0 Å². The molecule has 0 spiro atoms. The number of carbonyl (C=O) groups is 1. The van der Waals surface area contributed by atoms with Gasteiger partial charge in [-0.15, -0.1) is 0 Å². The van der Waals surface area contributed by atoms with Crippen molar-refractivity contribution in [2.45, 2.75) is 26.7 Å². The van der Waals surface area contributed by atoms with Crippen molar-refractivity contribution >= 4 is 23.7 Å². The SMILES string of the molecule is Cc1nc(Cl)c(C=O)c(NCC(C)C2CC2)n1. The van der Waals surface area contributed by atoms with E-state index in [4.69, 9.17) is 11.6 Å². The second kappa shape index (κ2) is 5.00. The van der Waals surface area contributed by atoms with Gasteiger partial charge in [0.1, 0.15) is 16.8 Å². The molecule has 1 unspecified atom stereocenters. The van der Waals surface area contributed by atoms with E-state index >= 15 is 0 Å². The van der Waals surface area contributed by atoms with Gasteiger partial charge in [-0.05, 0) is 31.6 Å². The summed E-state index contributed by atoms with van der Waals surface area (Å²) >= 11 is 5.90. The van der Waals surface area contributed by atoms with E-state index in [9.17, 15) is 4.79 Å². The van der Waals surface area contributed by atoms with Crippen LogP contribution in [0.15, 0.2) is 0 Å².